The normalized spacial score (nSPS) is 14.7. The van der Waals surface area contributed by atoms with Crippen molar-refractivity contribution in [3.63, 3.8) is 0 Å². The van der Waals surface area contributed by atoms with Gasteiger partial charge in [-0.2, -0.15) is 0 Å². The number of carbonyl (C=O) groups excluding carboxylic acids is 2. The SMILES string of the molecule is CCCC(=O)N1CCC(=O)c2cccc(C)c21. The maximum absolute atomic E-state index is 12.0. The van der Waals surface area contributed by atoms with Crippen LogP contribution in [-0.2, 0) is 4.79 Å². The van der Waals surface area contributed by atoms with Gasteiger partial charge in [-0.15, -0.1) is 0 Å². The number of carbonyl (C=O) groups is 2. The van der Waals surface area contributed by atoms with E-state index in [1.165, 1.54) is 0 Å². The molecule has 0 N–H and O–H groups in total. The maximum Gasteiger partial charge on any atom is 0.227 e. The zero-order valence-corrected chi connectivity index (χ0v) is 10.3. The minimum Gasteiger partial charge on any atom is -0.311 e. The van der Waals surface area contributed by atoms with Crippen LogP contribution >= 0.6 is 0 Å². The zero-order valence-electron chi connectivity index (χ0n) is 10.3. The van der Waals surface area contributed by atoms with Crippen molar-refractivity contribution in [3.05, 3.63) is 29.3 Å². The third kappa shape index (κ3) is 2.09. The fraction of sp³-hybridized carbons (Fsp3) is 0.429. The highest BCUT2D eigenvalue weighted by atomic mass is 16.2. The molecular weight excluding hydrogens is 214 g/mol. The summed E-state index contributed by atoms with van der Waals surface area (Å²) in [5.74, 6) is 0.264. The summed E-state index contributed by atoms with van der Waals surface area (Å²) in [4.78, 5) is 25.6. The molecule has 0 bridgehead atoms. The molecule has 1 heterocycles. The van der Waals surface area contributed by atoms with E-state index in [9.17, 15) is 9.59 Å². The summed E-state index contributed by atoms with van der Waals surface area (Å²) in [6.45, 7) is 4.46. The number of aryl methyl sites for hydroxylation is 1. The summed E-state index contributed by atoms with van der Waals surface area (Å²) >= 11 is 0. The van der Waals surface area contributed by atoms with Crippen molar-refractivity contribution < 1.29 is 9.59 Å². The van der Waals surface area contributed by atoms with E-state index >= 15 is 0 Å². The molecule has 0 saturated carbocycles. The van der Waals surface area contributed by atoms with Gasteiger partial charge in [-0.25, -0.2) is 0 Å². The Bertz CT molecular complexity index is 465. The first kappa shape index (κ1) is 11.8. The summed E-state index contributed by atoms with van der Waals surface area (Å²) < 4.78 is 0. The van der Waals surface area contributed by atoms with Gasteiger partial charge in [0.05, 0.1) is 5.69 Å². The van der Waals surface area contributed by atoms with Crippen molar-refractivity contribution >= 4 is 17.4 Å². The lowest BCUT2D eigenvalue weighted by Gasteiger charge is -2.30. The minimum atomic E-state index is 0.121. The smallest absolute Gasteiger partial charge is 0.227 e. The molecule has 2 rings (SSSR count). The Balaban J connectivity index is 2.44. The number of para-hydroxylation sites is 1. The van der Waals surface area contributed by atoms with Crippen LogP contribution in [0.2, 0.25) is 0 Å². The second-order valence-corrected chi connectivity index (χ2v) is 4.44. The summed E-state index contributed by atoms with van der Waals surface area (Å²) in [6.07, 6.45) is 1.82. The highest BCUT2D eigenvalue weighted by Crippen LogP contribution is 2.30. The molecule has 3 nitrogen and oxygen atoms in total. The lowest BCUT2D eigenvalue weighted by atomic mass is 9.96. The number of nitrogens with zero attached hydrogens (tertiary/aromatic N) is 1. The first-order valence-corrected chi connectivity index (χ1v) is 6.08. The number of hydrogen-bond donors (Lipinski definition) is 0. The quantitative estimate of drug-likeness (QED) is 0.784. The van der Waals surface area contributed by atoms with Crippen molar-refractivity contribution in [1.82, 2.24) is 0 Å². The third-order valence-electron chi connectivity index (χ3n) is 3.14. The Morgan fingerprint density at radius 1 is 1.41 bits per heavy atom. The Kier molecular flexibility index (Phi) is 3.27. The van der Waals surface area contributed by atoms with Gasteiger partial charge in [-0.05, 0) is 25.0 Å². The van der Waals surface area contributed by atoms with Gasteiger partial charge in [0.25, 0.3) is 0 Å². The molecule has 1 aliphatic heterocycles. The number of amides is 1. The number of anilines is 1. The van der Waals surface area contributed by atoms with Crippen LogP contribution in [-0.4, -0.2) is 18.2 Å². The van der Waals surface area contributed by atoms with Gasteiger partial charge in [0, 0.05) is 24.9 Å². The number of Topliss-reactive ketones (excluding diaryl/α,β-unsaturated/α-hetero) is 1. The van der Waals surface area contributed by atoms with Crippen LogP contribution < -0.4 is 4.90 Å². The summed E-state index contributed by atoms with van der Waals surface area (Å²) in [5, 5.41) is 0. The number of hydrogen-bond acceptors (Lipinski definition) is 2. The molecular formula is C14H17NO2. The average molecular weight is 231 g/mol. The predicted molar refractivity (Wildman–Crippen MR) is 67.4 cm³/mol. The molecule has 1 aliphatic rings. The van der Waals surface area contributed by atoms with E-state index in [1.807, 2.05) is 32.0 Å². The largest absolute Gasteiger partial charge is 0.311 e. The summed E-state index contributed by atoms with van der Waals surface area (Å²) in [5.41, 5.74) is 2.52. The standard InChI is InChI=1S/C14H17NO2/c1-3-5-13(17)15-9-8-12(16)11-7-4-6-10(2)14(11)15/h4,6-7H,3,5,8-9H2,1-2H3. The number of rotatable bonds is 2. The third-order valence-corrected chi connectivity index (χ3v) is 3.14. The molecule has 0 radical (unpaired) electrons. The molecule has 0 spiro atoms. The van der Waals surface area contributed by atoms with Crippen molar-refractivity contribution in [3.8, 4) is 0 Å². The van der Waals surface area contributed by atoms with Crippen LogP contribution in [0.25, 0.3) is 0 Å². The van der Waals surface area contributed by atoms with Crippen LogP contribution in [0, 0.1) is 6.92 Å². The van der Waals surface area contributed by atoms with Crippen LogP contribution in [0.3, 0.4) is 0 Å². The van der Waals surface area contributed by atoms with Crippen LogP contribution in [0.15, 0.2) is 18.2 Å². The minimum absolute atomic E-state index is 0.121. The molecule has 90 valence electrons. The molecule has 0 aromatic heterocycles. The van der Waals surface area contributed by atoms with E-state index in [-0.39, 0.29) is 11.7 Å². The first-order chi connectivity index (χ1) is 8.15. The number of ketones is 1. The number of fused-ring (bicyclic) bond motifs is 1. The number of benzene rings is 1. The molecule has 3 heteroatoms. The summed E-state index contributed by atoms with van der Waals surface area (Å²) in [7, 11) is 0. The second kappa shape index (κ2) is 4.70. The van der Waals surface area contributed by atoms with Gasteiger partial charge >= 0.3 is 0 Å². The second-order valence-electron chi connectivity index (χ2n) is 4.44. The Labute approximate surface area is 101 Å². The van der Waals surface area contributed by atoms with E-state index in [2.05, 4.69) is 0 Å². The van der Waals surface area contributed by atoms with Crippen molar-refractivity contribution in [1.29, 1.82) is 0 Å². The first-order valence-electron chi connectivity index (χ1n) is 6.08. The van der Waals surface area contributed by atoms with Crippen molar-refractivity contribution in [2.45, 2.75) is 33.1 Å². The van der Waals surface area contributed by atoms with Gasteiger partial charge in [-0.1, -0.05) is 19.1 Å². The molecule has 0 fully saturated rings. The monoisotopic (exact) mass is 231 g/mol. The van der Waals surface area contributed by atoms with Crippen LogP contribution in [0.4, 0.5) is 5.69 Å². The molecule has 0 aliphatic carbocycles. The Morgan fingerprint density at radius 3 is 2.88 bits per heavy atom. The van der Waals surface area contributed by atoms with Crippen molar-refractivity contribution in [2.75, 3.05) is 11.4 Å². The molecule has 1 amide bonds. The van der Waals surface area contributed by atoms with Gasteiger partial charge in [0.2, 0.25) is 5.91 Å². The van der Waals surface area contributed by atoms with E-state index in [0.29, 0.717) is 24.9 Å². The highest BCUT2D eigenvalue weighted by Gasteiger charge is 2.27. The molecule has 0 saturated heterocycles. The maximum atomic E-state index is 12.0. The van der Waals surface area contributed by atoms with Gasteiger partial charge in [0.1, 0.15) is 0 Å². The van der Waals surface area contributed by atoms with Gasteiger partial charge in [0.15, 0.2) is 5.78 Å². The van der Waals surface area contributed by atoms with Crippen LogP contribution in [0.1, 0.15) is 42.1 Å². The molecule has 0 atom stereocenters. The van der Waals surface area contributed by atoms with Crippen LogP contribution in [0.5, 0.6) is 0 Å². The molecule has 0 unspecified atom stereocenters. The molecule has 17 heavy (non-hydrogen) atoms. The molecule has 1 aromatic carbocycles. The topological polar surface area (TPSA) is 37.4 Å². The summed E-state index contributed by atoms with van der Waals surface area (Å²) in [6, 6.07) is 5.64. The zero-order chi connectivity index (χ0) is 12.4. The van der Waals surface area contributed by atoms with E-state index in [4.69, 9.17) is 0 Å². The van der Waals surface area contributed by atoms with Gasteiger partial charge < -0.3 is 4.90 Å². The predicted octanol–water partition coefficient (Wildman–Crippen LogP) is 2.71. The van der Waals surface area contributed by atoms with E-state index < -0.39 is 0 Å². The molecule has 1 aromatic rings. The fourth-order valence-corrected chi connectivity index (χ4v) is 2.30. The van der Waals surface area contributed by atoms with Gasteiger partial charge in [-0.3, -0.25) is 9.59 Å². The Morgan fingerprint density at radius 2 is 2.18 bits per heavy atom. The fourth-order valence-electron chi connectivity index (χ4n) is 2.30. The van der Waals surface area contributed by atoms with E-state index in [1.54, 1.807) is 4.90 Å². The lowest BCUT2D eigenvalue weighted by Crippen LogP contribution is -2.37. The van der Waals surface area contributed by atoms with Crippen molar-refractivity contribution in [2.24, 2.45) is 0 Å². The average Bonchev–Trinajstić information content (AvgIpc) is 2.31. The Hall–Kier alpha value is -1.64. The lowest BCUT2D eigenvalue weighted by molar-refractivity contribution is -0.118. The van der Waals surface area contributed by atoms with E-state index in [0.717, 1.165) is 17.7 Å². The highest BCUT2D eigenvalue weighted by molar-refractivity contribution is 6.09.